The lowest BCUT2D eigenvalue weighted by atomic mass is 9.94. The summed E-state index contributed by atoms with van der Waals surface area (Å²) in [6, 6.07) is 3.50. The summed E-state index contributed by atoms with van der Waals surface area (Å²) in [7, 11) is 0. The van der Waals surface area contributed by atoms with E-state index in [4.69, 9.17) is 5.11 Å². The van der Waals surface area contributed by atoms with Crippen LogP contribution in [-0.2, 0) is 6.18 Å². The highest BCUT2D eigenvalue weighted by Crippen LogP contribution is 2.35. The lowest BCUT2D eigenvalue weighted by Gasteiger charge is -2.31. The Morgan fingerprint density at radius 3 is 2.37 bits per heavy atom. The molecule has 1 aromatic carbocycles. The van der Waals surface area contributed by atoms with E-state index in [9.17, 15) is 13.2 Å². The molecule has 2 nitrogen and oxygen atoms in total. The second kappa shape index (κ2) is 6.13. The van der Waals surface area contributed by atoms with Gasteiger partial charge in [0.15, 0.2) is 0 Å². The molecule has 0 aromatic heterocycles. The van der Waals surface area contributed by atoms with Crippen LogP contribution in [0.3, 0.4) is 0 Å². The minimum Gasteiger partial charge on any atom is -0.396 e. The van der Waals surface area contributed by atoms with Gasteiger partial charge in [-0.1, -0.05) is 6.92 Å². The molecule has 0 radical (unpaired) electrons. The van der Waals surface area contributed by atoms with Crippen LogP contribution in [0.1, 0.15) is 32.3 Å². The maximum atomic E-state index is 12.6. The fourth-order valence-corrected chi connectivity index (χ4v) is 2.17. The second-order valence-corrected chi connectivity index (χ2v) is 5.56. The average Bonchev–Trinajstić information content (AvgIpc) is 2.31. The summed E-state index contributed by atoms with van der Waals surface area (Å²) in [5, 5.41) is 12.2. The van der Waals surface area contributed by atoms with Gasteiger partial charge in [0.1, 0.15) is 0 Å². The van der Waals surface area contributed by atoms with Gasteiger partial charge in [-0.05, 0) is 53.9 Å². The first-order valence-electron chi connectivity index (χ1n) is 5.97. The summed E-state index contributed by atoms with van der Waals surface area (Å²) in [6.07, 6.45) is -3.07. The second-order valence-electron chi connectivity index (χ2n) is 4.71. The van der Waals surface area contributed by atoms with Crippen molar-refractivity contribution in [3.63, 3.8) is 0 Å². The Kier molecular flexibility index (Phi) is 5.26. The Bertz CT molecular complexity index is 436. The van der Waals surface area contributed by atoms with Crippen molar-refractivity contribution in [1.29, 1.82) is 0 Å². The molecule has 0 bridgehead atoms. The molecule has 0 aliphatic carbocycles. The Morgan fingerprint density at radius 1 is 1.32 bits per heavy atom. The smallest absolute Gasteiger partial charge is 0.396 e. The molecule has 1 atom stereocenters. The summed E-state index contributed by atoms with van der Waals surface area (Å²) in [6.45, 7) is 3.91. The van der Waals surface area contributed by atoms with E-state index in [0.717, 1.165) is 18.6 Å². The molecule has 1 aromatic rings. The van der Waals surface area contributed by atoms with Crippen LogP contribution >= 0.6 is 15.9 Å². The third kappa shape index (κ3) is 4.38. The van der Waals surface area contributed by atoms with Crippen LogP contribution in [0.5, 0.6) is 0 Å². The lowest BCUT2D eigenvalue weighted by molar-refractivity contribution is -0.137. The Morgan fingerprint density at radius 2 is 1.95 bits per heavy atom. The predicted octanol–water partition coefficient (Wildman–Crippen LogP) is 4.43. The number of hydrogen-bond donors (Lipinski definition) is 2. The minimum atomic E-state index is -4.35. The number of anilines is 1. The quantitative estimate of drug-likeness (QED) is 0.831. The average molecular weight is 340 g/mol. The number of aliphatic hydroxyl groups is 1. The molecule has 19 heavy (non-hydrogen) atoms. The van der Waals surface area contributed by atoms with Crippen LogP contribution in [0.4, 0.5) is 18.9 Å². The molecule has 0 heterocycles. The topological polar surface area (TPSA) is 32.3 Å². The molecule has 6 heteroatoms. The van der Waals surface area contributed by atoms with Crippen molar-refractivity contribution in [1.82, 2.24) is 0 Å². The van der Waals surface area contributed by atoms with Gasteiger partial charge in [0.2, 0.25) is 0 Å². The van der Waals surface area contributed by atoms with Crippen LogP contribution in [0, 0.1) is 0 Å². The summed E-state index contributed by atoms with van der Waals surface area (Å²) in [4.78, 5) is 0. The Labute approximate surface area is 119 Å². The van der Waals surface area contributed by atoms with Gasteiger partial charge in [0.25, 0.3) is 0 Å². The minimum absolute atomic E-state index is 0.0234. The van der Waals surface area contributed by atoms with Gasteiger partial charge < -0.3 is 10.4 Å². The highest BCUT2D eigenvalue weighted by Gasteiger charge is 2.31. The number of benzene rings is 1. The molecule has 0 amide bonds. The number of aliphatic hydroxyl groups excluding tert-OH is 1. The van der Waals surface area contributed by atoms with Crippen LogP contribution < -0.4 is 5.32 Å². The van der Waals surface area contributed by atoms with E-state index in [2.05, 4.69) is 21.2 Å². The zero-order valence-corrected chi connectivity index (χ0v) is 12.4. The lowest BCUT2D eigenvalue weighted by Crippen LogP contribution is -2.35. The summed E-state index contributed by atoms with van der Waals surface area (Å²) >= 11 is 3.15. The molecule has 0 spiro atoms. The third-order valence-corrected chi connectivity index (χ3v) is 3.83. The summed E-state index contributed by atoms with van der Waals surface area (Å²) < 4.78 is 38.0. The number of nitrogens with one attached hydrogen (secondary N) is 1. The first-order valence-corrected chi connectivity index (χ1v) is 6.77. The zero-order chi connectivity index (χ0) is 14.7. The van der Waals surface area contributed by atoms with Crippen molar-refractivity contribution in [2.24, 2.45) is 0 Å². The first kappa shape index (κ1) is 16.3. The van der Waals surface area contributed by atoms with Crippen LogP contribution in [0.25, 0.3) is 0 Å². The van der Waals surface area contributed by atoms with Crippen LogP contribution in [0.2, 0.25) is 0 Å². The van der Waals surface area contributed by atoms with Crippen LogP contribution in [-0.4, -0.2) is 17.3 Å². The Balaban J connectivity index is 2.97. The molecular weight excluding hydrogens is 323 g/mol. The molecule has 2 N–H and O–H groups in total. The highest BCUT2D eigenvalue weighted by molar-refractivity contribution is 9.10. The largest absolute Gasteiger partial charge is 0.416 e. The van der Waals surface area contributed by atoms with Gasteiger partial charge in [-0.25, -0.2) is 0 Å². The van der Waals surface area contributed by atoms with Crippen molar-refractivity contribution in [2.75, 3.05) is 11.9 Å². The van der Waals surface area contributed by atoms with Crippen LogP contribution in [0.15, 0.2) is 22.7 Å². The van der Waals surface area contributed by atoms with E-state index in [1.165, 1.54) is 6.07 Å². The molecule has 0 aliphatic heterocycles. The predicted molar refractivity (Wildman–Crippen MR) is 73.2 cm³/mol. The van der Waals surface area contributed by atoms with Crippen molar-refractivity contribution < 1.29 is 18.3 Å². The fourth-order valence-electron chi connectivity index (χ4n) is 1.69. The molecule has 0 fully saturated rings. The number of rotatable bonds is 5. The molecular formula is C13H17BrF3NO. The Hall–Kier alpha value is -0.750. The number of halogens is 4. The molecule has 0 aliphatic rings. The van der Waals surface area contributed by atoms with E-state index < -0.39 is 11.7 Å². The SMILES string of the molecule is CCC(C)(CCO)Nc1ccc(C(F)(F)F)cc1Br. The van der Waals surface area contributed by atoms with Gasteiger partial charge in [0.05, 0.1) is 5.56 Å². The number of hydrogen-bond acceptors (Lipinski definition) is 2. The molecule has 0 saturated carbocycles. The zero-order valence-electron chi connectivity index (χ0n) is 10.8. The van der Waals surface area contributed by atoms with E-state index in [0.29, 0.717) is 16.6 Å². The first-order chi connectivity index (χ1) is 8.72. The molecule has 1 unspecified atom stereocenters. The van der Waals surface area contributed by atoms with E-state index in [1.807, 2.05) is 13.8 Å². The van der Waals surface area contributed by atoms with Crippen molar-refractivity contribution in [3.05, 3.63) is 28.2 Å². The summed E-state index contributed by atoms with van der Waals surface area (Å²) in [5.41, 5.74) is -0.451. The van der Waals surface area contributed by atoms with Gasteiger partial charge in [0, 0.05) is 22.3 Å². The summed E-state index contributed by atoms with van der Waals surface area (Å²) in [5.74, 6) is 0. The number of alkyl halides is 3. The van der Waals surface area contributed by atoms with Crippen molar-refractivity contribution in [3.8, 4) is 0 Å². The highest BCUT2D eigenvalue weighted by atomic mass is 79.9. The molecule has 0 saturated heterocycles. The van der Waals surface area contributed by atoms with Gasteiger partial charge in [-0.3, -0.25) is 0 Å². The van der Waals surface area contributed by atoms with Gasteiger partial charge >= 0.3 is 6.18 Å². The van der Waals surface area contributed by atoms with Crippen molar-refractivity contribution >= 4 is 21.6 Å². The van der Waals surface area contributed by atoms with Gasteiger partial charge in [-0.15, -0.1) is 0 Å². The monoisotopic (exact) mass is 339 g/mol. The maximum Gasteiger partial charge on any atom is 0.416 e. The van der Waals surface area contributed by atoms with Crippen molar-refractivity contribution in [2.45, 2.75) is 38.4 Å². The standard InChI is InChI=1S/C13H17BrF3NO/c1-3-12(2,6-7-19)18-11-5-4-9(8-10(11)14)13(15,16)17/h4-5,8,18-19H,3,6-7H2,1-2H3. The maximum absolute atomic E-state index is 12.6. The van der Waals surface area contributed by atoms with E-state index in [-0.39, 0.29) is 12.1 Å². The fraction of sp³-hybridized carbons (Fsp3) is 0.538. The van der Waals surface area contributed by atoms with E-state index in [1.54, 1.807) is 0 Å². The van der Waals surface area contributed by atoms with Gasteiger partial charge in [-0.2, -0.15) is 13.2 Å². The third-order valence-electron chi connectivity index (χ3n) is 3.18. The normalized spacial score (nSPS) is 15.1. The molecule has 108 valence electrons. The van der Waals surface area contributed by atoms with E-state index >= 15 is 0 Å². The molecule has 1 rings (SSSR count).